The van der Waals surface area contributed by atoms with Gasteiger partial charge in [0.1, 0.15) is 23.0 Å². The van der Waals surface area contributed by atoms with Crippen molar-refractivity contribution in [2.24, 2.45) is 0 Å². The van der Waals surface area contributed by atoms with E-state index in [-0.39, 0.29) is 6.04 Å². The Morgan fingerprint density at radius 1 is 1.00 bits per heavy atom. The largest absolute Gasteiger partial charge is 0.493 e. The zero-order valence-corrected chi connectivity index (χ0v) is 15.7. The van der Waals surface area contributed by atoms with Gasteiger partial charge < -0.3 is 19.2 Å². The van der Waals surface area contributed by atoms with Gasteiger partial charge in [-0.25, -0.2) is 9.97 Å². The van der Waals surface area contributed by atoms with Gasteiger partial charge >= 0.3 is 0 Å². The molecule has 27 heavy (non-hydrogen) atoms. The average molecular weight is 363 g/mol. The van der Waals surface area contributed by atoms with Crippen molar-refractivity contribution < 1.29 is 13.9 Å². The number of fused-ring (bicyclic) bond motifs is 2. The summed E-state index contributed by atoms with van der Waals surface area (Å²) in [6.07, 6.45) is 0. The van der Waals surface area contributed by atoms with Gasteiger partial charge in [0.25, 0.3) is 0 Å². The Bertz CT molecular complexity index is 1090. The van der Waals surface area contributed by atoms with Crippen molar-refractivity contribution in [2.75, 3.05) is 19.5 Å². The van der Waals surface area contributed by atoms with Gasteiger partial charge in [-0.05, 0) is 32.0 Å². The standard InChI is InChI=1S/C21H21N3O3/c1-12(18-9-14-7-5-6-8-17(14)27-18)22-21-15-10-19(25-3)20(26-4)11-16(15)23-13(2)24-21/h5-12H,1-4H3,(H,22,23,24). The highest BCUT2D eigenvalue weighted by Crippen LogP contribution is 2.35. The summed E-state index contributed by atoms with van der Waals surface area (Å²) in [6.45, 7) is 3.91. The molecular weight excluding hydrogens is 342 g/mol. The molecule has 6 heteroatoms. The van der Waals surface area contributed by atoms with Crippen LogP contribution >= 0.6 is 0 Å². The number of aromatic nitrogens is 2. The van der Waals surface area contributed by atoms with Gasteiger partial charge in [0.15, 0.2) is 11.5 Å². The number of hydrogen-bond acceptors (Lipinski definition) is 6. The van der Waals surface area contributed by atoms with Crippen LogP contribution < -0.4 is 14.8 Å². The zero-order chi connectivity index (χ0) is 19.0. The summed E-state index contributed by atoms with van der Waals surface area (Å²) in [4.78, 5) is 9.12. The molecule has 1 N–H and O–H groups in total. The lowest BCUT2D eigenvalue weighted by molar-refractivity contribution is 0.356. The number of aryl methyl sites for hydroxylation is 1. The van der Waals surface area contributed by atoms with E-state index in [1.165, 1.54) is 0 Å². The van der Waals surface area contributed by atoms with E-state index in [2.05, 4.69) is 15.3 Å². The normalized spacial score (nSPS) is 12.3. The molecule has 0 radical (unpaired) electrons. The summed E-state index contributed by atoms with van der Waals surface area (Å²) < 4.78 is 16.8. The third-order valence-electron chi connectivity index (χ3n) is 4.54. The minimum absolute atomic E-state index is 0.0667. The van der Waals surface area contributed by atoms with Gasteiger partial charge in [-0.3, -0.25) is 0 Å². The molecule has 138 valence electrons. The molecule has 0 aliphatic carbocycles. The Hall–Kier alpha value is -3.28. The minimum atomic E-state index is -0.0667. The van der Waals surface area contributed by atoms with Gasteiger partial charge in [-0.2, -0.15) is 0 Å². The number of nitrogens with one attached hydrogen (secondary N) is 1. The molecule has 4 rings (SSSR count). The van der Waals surface area contributed by atoms with Crippen LogP contribution in [-0.2, 0) is 0 Å². The first-order chi connectivity index (χ1) is 13.1. The molecule has 6 nitrogen and oxygen atoms in total. The first-order valence-corrected chi connectivity index (χ1v) is 8.74. The van der Waals surface area contributed by atoms with Crippen LogP contribution in [-0.4, -0.2) is 24.2 Å². The molecule has 2 heterocycles. The summed E-state index contributed by atoms with van der Waals surface area (Å²) in [5.74, 6) is 3.53. The smallest absolute Gasteiger partial charge is 0.162 e. The van der Waals surface area contributed by atoms with E-state index in [0.717, 1.165) is 33.5 Å². The van der Waals surface area contributed by atoms with Gasteiger partial charge in [0.05, 0.1) is 25.8 Å². The van der Waals surface area contributed by atoms with Crippen molar-refractivity contribution >= 4 is 27.7 Å². The molecule has 0 aliphatic rings. The maximum absolute atomic E-state index is 5.98. The molecule has 2 aromatic carbocycles. The molecule has 0 saturated carbocycles. The third kappa shape index (κ3) is 3.14. The number of rotatable bonds is 5. The van der Waals surface area contributed by atoms with Crippen molar-refractivity contribution in [3.05, 3.63) is 54.0 Å². The number of benzene rings is 2. The molecule has 0 bridgehead atoms. The van der Waals surface area contributed by atoms with E-state index >= 15 is 0 Å². The summed E-state index contributed by atoms with van der Waals surface area (Å²) >= 11 is 0. The van der Waals surface area contributed by atoms with Crippen molar-refractivity contribution in [3.8, 4) is 11.5 Å². The Morgan fingerprint density at radius 2 is 1.74 bits per heavy atom. The zero-order valence-electron chi connectivity index (χ0n) is 15.7. The second-order valence-electron chi connectivity index (χ2n) is 6.40. The highest BCUT2D eigenvalue weighted by molar-refractivity contribution is 5.92. The summed E-state index contributed by atoms with van der Waals surface area (Å²) in [5, 5.41) is 5.39. The molecule has 0 saturated heterocycles. The predicted molar refractivity (Wildman–Crippen MR) is 106 cm³/mol. The number of anilines is 1. The number of furan rings is 1. The van der Waals surface area contributed by atoms with Crippen LogP contribution in [0, 0.1) is 6.92 Å². The van der Waals surface area contributed by atoms with Crippen LogP contribution in [0.25, 0.3) is 21.9 Å². The van der Waals surface area contributed by atoms with Gasteiger partial charge in [0.2, 0.25) is 0 Å². The highest BCUT2D eigenvalue weighted by Gasteiger charge is 2.16. The molecule has 0 aliphatic heterocycles. The van der Waals surface area contributed by atoms with Crippen LogP contribution in [0.15, 0.2) is 46.9 Å². The Balaban J connectivity index is 1.75. The van der Waals surface area contributed by atoms with Crippen molar-refractivity contribution in [1.29, 1.82) is 0 Å². The van der Waals surface area contributed by atoms with E-state index in [9.17, 15) is 0 Å². The molecule has 0 fully saturated rings. The Kier molecular flexibility index (Phi) is 4.32. The van der Waals surface area contributed by atoms with Crippen LogP contribution in [0.3, 0.4) is 0 Å². The molecular formula is C21H21N3O3. The number of nitrogens with zero attached hydrogens (tertiary/aromatic N) is 2. The number of hydrogen-bond donors (Lipinski definition) is 1. The van der Waals surface area contributed by atoms with Gasteiger partial charge in [0, 0.05) is 16.8 Å². The lowest BCUT2D eigenvalue weighted by Crippen LogP contribution is -2.09. The van der Waals surface area contributed by atoms with E-state index < -0.39 is 0 Å². The lowest BCUT2D eigenvalue weighted by atomic mass is 10.1. The third-order valence-corrected chi connectivity index (χ3v) is 4.54. The van der Waals surface area contributed by atoms with Crippen LogP contribution in [0.2, 0.25) is 0 Å². The quantitative estimate of drug-likeness (QED) is 0.545. The topological polar surface area (TPSA) is 69.4 Å². The summed E-state index contributed by atoms with van der Waals surface area (Å²) in [7, 11) is 3.23. The van der Waals surface area contributed by atoms with E-state index in [4.69, 9.17) is 13.9 Å². The minimum Gasteiger partial charge on any atom is -0.493 e. The first-order valence-electron chi connectivity index (χ1n) is 8.74. The monoisotopic (exact) mass is 363 g/mol. The molecule has 1 unspecified atom stereocenters. The molecule has 0 spiro atoms. The van der Waals surface area contributed by atoms with Crippen molar-refractivity contribution in [2.45, 2.75) is 19.9 Å². The van der Waals surface area contributed by atoms with E-state index in [1.807, 2.05) is 56.3 Å². The van der Waals surface area contributed by atoms with Crippen LogP contribution in [0.4, 0.5) is 5.82 Å². The maximum Gasteiger partial charge on any atom is 0.162 e. The van der Waals surface area contributed by atoms with Crippen LogP contribution in [0.1, 0.15) is 24.6 Å². The predicted octanol–water partition coefficient (Wildman–Crippen LogP) is 4.87. The first kappa shape index (κ1) is 17.1. The highest BCUT2D eigenvalue weighted by atomic mass is 16.5. The Morgan fingerprint density at radius 3 is 2.48 bits per heavy atom. The van der Waals surface area contributed by atoms with Crippen LogP contribution in [0.5, 0.6) is 11.5 Å². The van der Waals surface area contributed by atoms with E-state index in [0.29, 0.717) is 17.3 Å². The van der Waals surface area contributed by atoms with Gasteiger partial charge in [-0.1, -0.05) is 18.2 Å². The maximum atomic E-state index is 5.98. The lowest BCUT2D eigenvalue weighted by Gasteiger charge is -2.16. The fraction of sp³-hybridized carbons (Fsp3) is 0.238. The number of methoxy groups -OCH3 is 2. The molecule has 0 amide bonds. The fourth-order valence-corrected chi connectivity index (χ4v) is 3.17. The van der Waals surface area contributed by atoms with Crippen molar-refractivity contribution in [1.82, 2.24) is 9.97 Å². The average Bonchev–Trinajstić information content (AvgIpc) is 3.11. The Labute approximate surface area is 157 Å². The number of ether oxygens (including phenoxy) is 2. The molecule has 4 aromatic rings. The summed E-state index contributed by atoms with van der Waals surface area (Å²) in [5.41, 5.74) is 1.66. The fourth-order valence-electron chi connectivity index (χ4n) is 3.17. The molecule has 2 aromatic heterocycles. The summed E-state index contributed by atoms with van der Waals surface area (Å²) in [6, 6.07) is 13.7. The van der Waals surface area contributed by atoms with Gasteiger partial charge in [-0.15, -0.1) is 0 Å². The molecule has 1 atom stereocenters. The van der Waals surface area contributed by atoms with E-state index in [1.54, 1.807) is 14.2 Å². The second kappa shape index (κ2) is 6.79. The van der Waals surface area contributed by atoms with Crippen molar-refractivity contribution in [3.63, 3.8) is 0 Å². The number of para-hydroxylation sites is 1. The second-order valence-corrected chi connectivity index (χ2v) is 6.40. The SMILES string of the molecule is COc1cc2nc(C)nc(NC(C)c3cc4ccccc4o3)c2cc1OC.